The number of hydrogen-bond acceptors (Lipinski definition) is 4. The first-order chi connectivity index (χ1) is 3.66. The minimum atomic E-state index is -1.59. The molecule has 0 aromatic heterocycles. The van der Waals surface area contributed by atoms with Crippen LogP contribution in [-0.2, 0) is 9.53 Å². The minimum Gasteiger partial charge on any atom is -0.449 e. The van der Waals surface area contributed by atoms with Crippen molar-refractivity contribution in [2.45, 2.75) is 0 Å². The van der Waals surface area contributed by atoms with Crippen molar-refractivity contribution in [2.24, 2.45) is 0 Å². The summed E-state index contributed by atoms with van der Waals surface area (Å²) in [6.07, 6.45) is -1.59. The Morgan fingerprint density at radius 3 is 2.25 bits per heavy atom. The third kappa shape index (κ3) is 3.48. The molecule has 0 saturated carbocycles. The molecule has 1 N–H and O–H groups in total. The summed E-state index contributed by atoms with van der Waals surface area (Å²) in [5, 5.41) is 7.74. The lowest BCUT2D eigenvalue weighted by molar-refractivity contribution is -0.135. The van der Waals surface area contributed by atoms with Crippen LogP contribution in [0.1, 0.15) is 0 Å². The molecule has 0 atom stereocenters. The van der Waals surface area contributed by atoms with E-state index in [1.54, 1.807) is 0 Å². The van der Waals surface area contributed by atoms with Gasteiger partial charge in [0.25, 0.3) is 0 Å². The van der Waals surface area contributed by atoms with Crippen molar-refractivity contribution in [2.75, 3.05) is 5.75 Å². The van der Waals surface area contributed by atoms with E-state index in [1.807, 2.05) is 0 Å². The number of carbonyl (C=O) groups is 2. The van der Waals surface area contributed by atoms with Crippen LogP contribution in [0.4, 0.5) is 4.79 Å². The molecule has 0 aliphatic carbocycles. The molecule has 0 fully saturated rings. The van der Waals surface area contributed by atoms with Crippen LogP contribution in [0.25, 0.3) is 0 Å². The molecule has 0 aliphatic rings. The van der Waals surface area contributed by atoms with Crippen LogP contribution < -0.4 is 0 Å². The topological polar surface area (TPSA) is 63.6 Å². The number of hydrogen-bond donors (Lipinski definition) is 2. The van der Waals surface area contributed by atoms with E-state index in [0.29, 0.717) is 0 Å². The molecule has 0 heterocycles. The fourth-order valence-corrected chi connectivity index (χ4v) is 0.194. The fraction of sp³-hybridized carbons (Fsp3) is 0.333. The molecule has 0 radical (unpaired) electrons. The third-order valence-electron chi connectivity index (χ3n) is 0.330. The SMILES string of the molecule is O=C(O)OC(=O)CS. The van der Waals surface area contributed by atoms with Gasteiger partial charge < -0.3 is 9.84 Å². The summed E-state index contributed by atoms with van der Waals surface area (Å²) in [4.78, 5) is 19.4. The standard InChI is InChI=1S/C3H4O4S/c4-2(1-8)7-3(5)6/h8H,1H2,(H,5,6). The maximum absolute atomic E-state index is 9.94. The van der Waals surface area contributed by atoms with Crippen LogP contribution in [0.2, 0.25) is 0 Å². The van der Waals surface area contributed by atoms with Crippen LogP contribution >= 0.6 is 12.6 Å². The molecule has 0 unspecified atom stereocenters. The van der Waals surface area contributed by atoms with Gasteiger partial charge in [0.05, 0.1) is 5.75 Å². The van der Waals surface area contributed by atoms with Gasteiger partial charge in [0, 0.05) is 0 Å². The Morgan fingerprint density at radius 1 is 1.62 bits per heavy atom. The first-order valence-electron chi connectivity index (χ1n) is 1.71. The minimum absolute atomic E-state index is 0.216. The number of rotatable bonds is 1. The van der Waals surface area contributed by atoms with E-state index in [-0.39, 0.29) is 5.75 Å². The van der Waals surface area contributed by atoms with Gasteiger partial charge >= 0.3 is 12.1 Å². The molecule has 0 aromatic rings. The maximum atomic E-state index is 9.94. The van der Waals surface area contributed by atoms with Crippen molar-refractivity contribution in [3.63, 3.8) is 0 Å². The lowest BCUT2D eigenvalue weighted by atomic mass is 10.8. The Hall–Kier alpha value is -0.710. The summed E-state index contributed by atoms with van der Waals surface area (Å²) in [7, 11) is 0. The first-order valence-corrected chi connectivity index (χ1v) is 2.34. The molecule has 0 aromatic carbocycles. The zero-order chi connectivity index (χ0) is 6.57. The first kappa shape index (κ1) is 7.29. The van der Waals surface area contributed by atoms with Gasteiger partial charge in [-0.25, -0.2) is 4.79 Å². The molecule has 46 valence electrons. The zero-order valence-electron chi connectivity index (χ0n) is 3.83. The van der Waals surface area contributed by atoms with Crippen molar-refractivity contribution in [1.29, 1.82) is 0 Å². The number of carbonyl (C=O) groups excluding carboxylic acids is 1. The van der Waals surface area contributed by atoms with Crippen LogP contribution in [0.5, 0.6) is 0 Å². The Balaban J connectivity index is 3.40. The maximum Gasteiger partial charge on any atom is 0.513 e. The van der Waals surface area contributed by atoms with Gasteiger partial charge in [0.1, 0.15) is 0 Å². The van der Waals surface area contributed by atoms with Crippen molar-refractivity contribution >= 4 is 24.8 Å². The van der Waals surface area contributed by atoms with Gasteiger partial charge in [-0.1, -0.05) is 0 Å². The van der Waals surface area contributed by atoms with Crippen molar-refractivity contribution < 1.29 is 19.4 Å². The van der Waals surface area contributed by atoms with Gasteiger partial charge in [-0.15, -0.1) is 0 Å². The second kappa shape index (κ2) is 3.31. The van der Waals surface area contributed by atoms with Crippen LogP contribution in [0.15, 0.2) is 0 Å². The van der Waals surface area contributed by atoms with Gasteiger partial charge in [-0.3, -0.25) is 4.79 Å². The van der Waals surface area contributed by atoms with Gasteiger partial charge in [0.2, 0.25) is 0 Å². The number of carboxylic acid groups (broad SMARTS) is 1. The highest BCUT2D eigenvalue weighted by Gasteiger charge is 2.03. The van der Waals surface area contributed by atoms with E-state index in [9.17, 15) is 9.59 Å². The van der Waals surface area contributed by atoms with E-state index in [1.165, 1.54) is 0 Å². The summed E-state index contributed by atoms with van der Waals surface area (Å²) >= 11 is 3.45. The lowest BCUT2D eigenvalue weighted by Crippen LogP contribution is -2.10. The molecule has 0 rings (SSSR count). The van der Waals surface area contributed by atoms with Gasteiger partial charge in [-0.05, 0) is 0 Å². The molecule has 4 nitrogen and oxygen atoms in total. The van der Waals surface area contributed by atoms with Crippen LogP contribution in [0, 0.1) is 0 Å². The molecule has 0 spiro atoms. The summed E-state index contributed by atoms with van der Waals surface area (Å²) in [6.45, 7) is 0. The molecule has 0 bridgehead atoms. The van der Waals surface area contributed by atoms with Crippen LogP contribution in [0.3, 0.4) is 0 Å². The summed E-state index contributed by atoms with van der Waals surface area (Å²) < 4.78 is 3.60. The number of thiol groups is 1. The van der Waals surface area contributed by atoms with Crippen LogP contribution in [-0.4, -0.2) is 23.0 Å². The summed E-state index contributed by atoms with van der Waals surface area (Å²) in [5.41, 5.74) is 0. The van der Waals surface area contributed by atoms with E-state index in [0.717, 1.165) is 0 Å². The predicted octanol–water partition coefficient (Wildman–Crippen LogP) is 0.137. The Kier molecular flexibility index (Phi) is 3.02. The molecule has 0 saturated heterocycles. The average molecular weight is 136 g/mol. The molecule has 0 aliphatic heterocycles. The smallest absolute Gasteiger partial charge is 0.449 e. The van der Waals surface area contributed by atoms with Crippen molar-refractivity contribution in [3.8, 4) is 0 Å². The van der Waals surface area contributed by atoms with E-state index >= 15 is 0 Å². The normalized spacial score (nSPS) is 8.12. The quantitative estimate of drug-likeness (QED) is 0.305. The number of esters is 1. The molecule has 0 amide bonds. The largest absolute Gasteiger partial charge is 0.513 e. The van der Waals surface area contributed by atoms with Gasteiger partial charge in [0.15, 0.2) is 0 Å². The zero-order valence-corrected chi connectivity index (χ0v) is 4.72. The Labute approximate surface area is 50.9 Å². The van der Waals surface area contributed by atoms with E-state index in [2.05, 4.69) is 17.4 Å². The lowest BCUT2D eigenvalue weighted by Gasteiger charge is -1.89. The van der Waals surface area contributed by atoms with E-state index < -0.39 is 12.1 Å². The highest BCUT2D eigenvalue weighted by molar-refractivity contribution is 7.81. The molecular formula is C3H4O4S. The Bertz CT molecular complexity index is 110. The summed E-state index contributed by atoms with van der Waals surface area (Å²) in [5.74, 6) is -1.08. The summed E-state index contributed by atoms with van der Waals surface area (Å²) in [6, 6.07) is 0. The van der Waals surface area contributed by atoms with Gasteiger partial charge in [-0.2, -0.15) is 12.6 Å². The molecule has 8 heavy (non-hydrogen) atoms. The fourth-order valence-electron chi connectivity index (χ4n) is 0.130. The average Bonchev–Trinajstić information content (AvgIpc) is 1.65. The highest BCUT2D eigenvalue weighted by Crippen LogP contribution is 1.81. The van der Waals surface area contributed by atoms with E-state index in [4.69, 9.17) is 5.11 Å². The second-order valence-corrected chi connectivity index (χ2v) is 1.21. The number of ether oxygens (including phenoxy) is 1. The monoisotopic (exact) mass is 136 g/mol. The Morgan fingerprint density at radius 2 is 2.12 bits per heavy atom. The molecular weight excluding hydrogens is 132 g/mol. The van der Waals surface area contributed by atoms with Crippen molar-refractivity contribution in [1.82, 2.24) is 0 Å². The highest BCUT2D eigenvalue weighted by atomic mass is 32.1. The third-order valence-corrected chi connectivity index (χ3v) is 0.588. The second-order valence-electron chi connectivity index (χ2n) is 0.898. The molecule has 5 heteroatoms. The predicted molar refractivity (Wildman–Crippen MR) is 28.0 cm³/mol. The van der Waals surface area contributed by atoms with Crippen molar-refractivity contribution in [3.05, 3.63) is 0 Å².